The quantitative estimate of drug-likeness (QED) is 0.537. The third kappa shape index (κ3) is 4.76. The first-order valence-corrected chi connectivity index (χ1v) is 8.74. The van der Waals surface area contributed by atoms with Gasteiger partial charge in [0.1, 0.15) is 11.6 Å². The molecule has 0 atom stereocenters. The number of nitrogens with one attached hydrogen (secondary N) is 1. The fourth-order valence-electron chi connectivity index (χ4n) is 2.91. The van der Waals surface area contributed by atoms with Crippen molar-refractivity contribution in [2.45, 2.75) is 12.8 Å². The van der Waals surface area contributed by atoms with Crippen LogP contribution in [0.2, 0.25) is 0 Å². The van der Waals surface area contributed by atoms with Crippen molar-refractivity contribution >= 4 is 23.2 Å². The maximum Gasteiger partial charge on any atom is 0.251 e. The summed E-state index contributed by atoms with van der Waals surface area (Å²) < 4.78 is 0. The lowest BCUT2D eigenvalue weighted by Gasteiger charge is -2.10. The van der Waals surface area contributed by atoms with Crippen LogP contribution in [-0.2, 0) is 12.8 Å². The molecular weight excluding hydrogens is 338 g/mol. The second-order valence-corrected chi connectivity index (χ2v) is 6.37. The summed E-state index contributed by atoms with van der Waals surface area (Å²) in [6, 6.07) is 19.2. The molecule has 27 heavy (non-hydrogen) atoms. The van der Waals surface area contributed by atoms with Crippen molar-refractivity contribution in [3.05, 3.63) is 82.9 Å². The topological polar surface area (TPSA) is 120 Å². The molecule has 0 saturated carbocycles. The van der Waals surface area contributed by atoms with Gasteiger partial charge >= 0.3 is 0 Å². The number of nitrogen functional groups attached to an aromatic ring is 3. The lowest BCUT2D eigenvalue weighted by atomic mass is 10.0. The maximum atomic E-state index is 12.4. The molecule has 0 radical (unpaired) electrons. The highest BCUT2D eigenvalue weighted by Gasteiger charge is 2.10. The predicted octanol–water partition coefficient (Wildman–Crippen LogP) is 2.39. The summed E-state index contributed by atoms with van der Waals surface area (Å²) in [6.45, 7) is 0.581. The van der Waals surface area contributed by atoms with Crippen molar-refractivity contribution in [3.63, 3.8) is 0 Å². The van der Waals surface area contributed by atoms with Gasteiger partial charge in [-0.05, 0) is 47.7 Å². The molecule has 1 heterocycles. The highest BCUT2D eigenvalue weighted by atomic mass is 16.1. The summed E-state index contributed by atoms with van der Waals surface area (Å²) in [4.78, 5) is 16.4. The summed E-state index contributed by atoms with van der Waals surface area (Å²) in [5.74, 6) is 0.445. The molecule has 1 amide bonds. The Bertz CT molecular complexity index is 941. The fourth-order valence-corrected chi connectivity index (χ4v) is 2.91. The van der Waals surface area contributed by atoms with Crippen molar-refractivity contribution in [3.8, 4) is 0 Å². The van der Waals surface area contributed by atoms with Gasteiger partial charge in [0.2, 0.25) is 0 Å². The van der Waals surface area contributed by atoms with Gasteiger partial charge in [-0.2, -0.15) is 0 Å². The van der Waals surface area contributed by atoms with Crippen molar-refractivity contribution in [2.24, 2.45) is 0 Å². The van der Waals surface area contributed by atoms with E-state index in [-0.39, 0.29) is 11.7 Å². The molecule has 2 aromatic carbocycles. The molecule has 1 aromatic heterocycles. The van der Waals surface area contributed by atoms with Gasteiger partial charge in [0.25, 0.3) is 5.91 Å². The highest BCUT2D eigenvalue weighted by molar-refractivity contribution is 5.94. The zero-order chi connectivity index (χ0) is 19.2. The van der Waals surface area contributed by atoms with Crippen molar-refractivity contribution < 1.29 is 4.79 Å². The number of rotatable bonds is 6. The molecule has 3 rings (SSSR count). The van der Waals surface area contributed by atoms with Gasteiger partial charge in [0.05, 0.1) is 5.69 Å². The molecule has 0 aliphatic carbocycles. The summed E-state index contributed by atoms with van der Waals surface area (Å²) >= 11 is 0. The molecular formula is C21H23N5O. The van der Waals surface area contributed by atoms with Crippen molar-refractivity contribution in [1.29, 1.82) is 0 Å². The van der Waals surface area contributed by atoms with Crippen LogP contribution in [0, 0.1) is 0 Å². The van der Waals surface area contributed by atoms with Crippen molar-refractivity contribution in [2.75, 3.05) is 23.7 Å². The SMILES string of the molecule is Nc1cc(Cc2cccc(C(=O)NCCc3ccccc3)c2)c(N)c(N)n1. The van der Waals surface area contributed by atoms with Crippen LogP contribution >= 0.6 is 0 Å². The number of carbonyl (C=O) groups excluding carboxylic acids is 1. The number of pyridine rings is 1. The van der Waals surface area contributed by atoms with Gasteiger partial charge in [-0.25, -0.2) is 4.98 Å². The highest BCUT2D eigenvalue weighted by Crippen LogP contribution is 2.23. The van der Waals surface area contributed by atoms with Crippen LogP contribution in [0.15, 0.2) is 60.7 Å². The lowest BCUT2D eigenvalue weighted by Crippen LogP contribution is -2.25. The van der Waals surface area contributed by atoms with E-state index in [1.165, 1.54) is 5.56 Å². The molecule has 0 aliphatic rings. The molecule has 138 valence electrons. The van der Waals surface area contributed by atoms with Crippen LogP contribution < -0.4 is 22.5 Å². The van der Waals surface area contributed by atoms with Crippen LogP contribution in [0.3, 0.4) is 0 Å². The number of amides is 1. The van der Waals surface area contributed by atoms with Crippen molar-refractivity contribution in [1.82, 2.24) is 10.3 Å². The molecule has 0 aliphatic heterocycles. The standard InChI is InChI=1S/C21H23N5O/c22-18-13-17(19(23)20(24)26-18)12-15-7-4-8-16(11-15)21(27)25-10-9-14-5-2-1-3-6-14/h1-8,11,13H,9-10,12,23H2,(H,25,27)(H4,22,24,26). The van der Waals surface area contributed by atoms with Crippen LogP contribution in [-0.4, -0.2) is 17.4 Å². The van der Waals surface area contributed by atoms with E-state index >= 15 is 0 Å². The van der Waals surface area contributed by atoms with Crippen LogP contribution in [0.4, 0.5) is 17.3 Å². The third-order valence-corrected chi connectivity index (χ3v) is 4.32. The van der Waals surface area contributed by atoms with Gasteiger partial charge in [-0.3, -0.25) is 4.79 Å². The largest absolute Gasteiger partial charge is 0.396 e. The van der Waals surface area contributed by atoms with E-state index in [1.807, 2.05) is 48.5 Å². The molecule has 3 aromatic rings. The average molecular weight is 361 g/mol. The number of aromatic nitrogens is 1. The minimum atomic E-state index is -0.102. The normalized spacial score (nSPS) is 10.5. The van der Waals surface area contributed by atoms with Crippen LogP contribution in [0.1, 0.15) is 27.0 Å². The molecule has 0 fully saturated rings. The van der Waals surface area contributed by atoms with E-state index < -0.39 is 0 Å². The smallest absolute Gasteiger partial charge is 0.251 e. The van der Waals surface area contributed by atoms with E-state index in [4.69, 9.17) is 17.2 Å². The van der Waals surface area contributed by atoms with E-state index in [0.29, 0.717) is 30.0 Å². The maximum absolute atomic E-state index is 12.4. The Balaban J connectivity index is 1.65. The second kappa shape index (κ2) is 8.23. The van der Waals surface area contributed by atoms with Crippen LogP contribution in [0.25, 0.3) is 0 Å². The number of carbonyl (C=O) groups is 1. The minimum absolute atomic E-state index is 0.102. The first-order chi connectivity index (χ1) is 13.0. The molecule has 0 spiro atoms. The monoisotopic (exact) mass is 361 g/mol. The third-order valence-electron chi connectivity index (χ3n) is 4.32. The van der Waals surface area contributed by atoms with E-state index in [9.17, 15) is 4.79 Å². The summed E-state index contributed by atoms with van der Waals surface area (Å²) in [7, 11) is 0. The number of nitrogens with zero attached hydrogens (tertiary/aromatic N) is 1. The summed E-state index contributed by atoms with van der Waals surface area (Å²) in [5.41, 5.74) is 21.5. The molecule has 0 saturated heterocycles. The Hall–Kier alpha value is -3.54. The number of nitrogens with two attached hydrogens (primary N) is 3. The Labute approximate surface area is 158 Å². The molecule has 6 heteroatoms. The van der Waals surface area contributed by atoms with Gasteiger partial charge < -0.3 is 22.5 Å². The molecule has 7 N–H and O–H groups in total. The number of hydrogen-bond donors (Lipinski definition) is 4. The Kier molecular flexibility index (Phi) is 5.56. The van der Waals surface area contributed by atoms with E-state index in [2.05, 4.69) is 10.3 Å². The Morgan fingerprint density at radius 1 is 0.926 bits per heavy atom. The summed E-state index contributed by atoms with van der Waals surface area (Å²) in [6.07, 6.45) is 1.31. The van der Waals surface area contributed by atoms with Gasteiger partial charge in [-0.1, -0.05) is 42.5 Å². The number of hydrogen-bond acceptors (Lipinski definition) is 5. The molecule has 0 bridgehead atoms. The van der Waals surface area contributed by atoms with E-state index in [1.54, 1.807) is 12.1 Å². The average Bonchev–Trinajstić information content (AvgIpc) is 2.67. The van der Waals surface area contributed by atoms with E-state index in [0.717, 1.165) is 17.5 Å². The fraction of sp³-hybridized carbons (Fsp3) is 0.143. The second-order valence-electron chi connectivity index (χ2n) is 6.37. The zero-order valence-electron chi connectivity index (χ0n) is 15.0. The van der Waals surface area contributed by atoms with Crippen LogP contribution in [0.5, 0.6) is 0 Å². The lowest BCUT2D eigenvalue weighted by molar-refractivity contribution is 0.0954. The van der Waals surface area contributed by atoms with Gasteiger partial charge in [0, 0.05) is 12.1 Å². The minimum Gasteiger partial charge on any atom is -0.396 e. The first kappa shape index (κ1) is 18.3. The molecule has 6 nitrogen and oxygen atoms in total. The Morgan fingerprint density at radius 2 is 1.67 bits per heavy atom. The first-order valence-electron chi connectivity index (χ1n) is 8.74. The molecule has 0 unspecified atom stereocenters. The number of benzene rings is 2. The number of anilines is 3. The zero-order valence-corrected chi connectivity index (χ0v) is 15.0. The summed E-state index contributed by atoms with van der Waals surface area (Å²) in [5, 5.41) is 2.95. The van der Waals surface area contributed by atoms with Gasteiger partial charge in [0.15, 0.2) is 0 Å². The predicted molar refractivity (Wildman–Crippen MR) is 109 cm³/mol. The van der Waals surface area contributed by atoms with Gasteiger partial charge in [-0.15, -0.1) is 0 Å². The Morgan fingerprint density at radius 3 is 2.44 bits per heavy atom.